The maximum atomic E-state index is 12.4. The summed E-state index contributed by atoms with van der Waals surface area (Å²) < 4.78 is 24.7. The normalized spacial score (nSPS) is 23.7. The van der Waals surface area contributed by atoms with E-state index in [2.05, 4.69) is 17.1 Å². The van der Waals surface area contributed by atoms with Crippen molar-refractivity contribution in [3.63, 3.8) is 0 Å². The van der Waals surface area contributed by atoms with E-state index in [-0.39, 0.29) is 5.75 Å². The lowest BCUT2D eigenvalue weighted by molar-refractivity contribution is 0.299. The van der Waals surface area contributed by atoms with Crippen LogP contribution in [0.15, 0.2) is 40.2 Å². The van der Waals surface area contributed by atoms with Crippen molar-refractivity contribution >= 4 is 15.8 Å². The highest BCUT2D eigenvalue weighted by Crippen LogP contribution is 2.35. The van der Waals surface area contributed by atoms with Gasteiger partial charge in [-0.3, -0.25) is 4.99 Å². The Balaban J connectivity index is 1.55. The molecular weight excluding hydrogens is 346 g/mol. The molecule has 1 aliphatic heterocycles. The van der Waals surface area contributed by atoms with E-state index in [9.17, 15) is 8.42 Å². The number of fused-ring (bicyclic) bond motifs is 1. The number of sulfone groups is 1. The van der Waals surface area contributed by atoms with Gasteiger partial charge in [0.05, 0.1) is 10.6 Å². The summed E-state index contributed by atoms with van der Waals surface area (Å²) in [6, 6.07) is 8.69. The molecule has 144 valence electrons. The molecule has 6 heteroatoms. The summed E-state index contributed by atoms with van der Waals surface area (Å²) >= 11 is 0. The Bertz CT molecular complexity index is 689. The van der Waals surface area contributed by atoms with Gasteiger partial charge in [-0.2, -0.15) is 0 Å². The largest absolute Gasteiger partial charge is 0.357 e. The molecule has 1 aromatic carbocycles. The number of rotatable bonds is 6. The molecule has 1 aromatic rings. The molecule has 0 spiro atoms. The molecule has 2 fully saturated rings. The number of hydrogen-bond donors (Lipinski definition) is 1. The summed E-state index contributed by atoms with van der Waals surface area (Å²) in [4.78, 5) is 7.50. The van der Waals surface area contributed by atoms with Gasteiger partial charge in [0.25, 0.3) is 0 Å². The van der Waals surface area contributed by atoms with Crippen LogP contribution in [0.1, 0.15) is 39.0 Å². The summed E-state index contributed by atoms with van der Waals surface area (Å²) in [5.74, 6) is 2.72. The van der Waals surface area contributed by atoms with Crippen LogP contribution in [-0.2, 0) is 9.84 Å². The first kappa shape index (κ1) is 19.2. The van der Waals surface area contributed by atoms with Gasteiger partial charge in [-0.25, -0.2) is 8.42 Å². The minimum atomic E-state index is -3.21. The zero-order valence-electron chi connectivity index (χ0n) is 15.7. The van der Waals surface area contributed by atoms with Crippen LogP contribution in [0.5, 0.6) is 0 Å². The number of hydrogen-bond acceptors (Lipinski definition) is 3. The van der Waals surface area contributed by atoms with E-state index >= 15 is 0 Å². The van der Waals surface area contributed by atoms with Crippen LogP contribution < -0.4 is 5.32 Å². The summed E-state index contributed by atoms with van der Waals surface area (Å²) in [5, 5.41) is 3.39. The molecule has 1 aliphatic carbocycles. The van der Waals surface area contributed by atoms with Crippen LogP contribution in [0, 0.1) is 11.8 Å². The topological polar surface area (TPSA) is 61.8 Å². The Morgan fingerprint density at radius 2 is 1.81 bits per heavy atom. The molecule has 0 aromatic heterocycles. The van der Waals surface area contributed by atoms with Crippen molar-refractivity contribution < 1.29 is 8.42 Å². The fourth-order valence-electron chi connectivity index (χ4n) is 4.19. The number of nitrogens with zero attached hydrogens (tertiary/aromatic N) is 2. The van der Waals surface area contributed by atoms with Crippen LogP contribution in [-0.4, -0.2) is 51.2 Å². The van der Waals surface area contributed by atoms with Crippen molar-refractivity contribution in [3.8, 4) is 0 Å². The summed E-state index contributed by atoms with van der Waals surface area (Å²) in [6.07, 6.45) is 5.96. The van der Waals surface area contributed by atoms with Crippen LogP contribution in [0.25, 0.3) is 0 Å². The quantitative estimate of drug-likeness (QED) is 0.470. The minimum Gasteiger partial charge on any atom is -0.357 e. The zero-order valence-corrected chi connectivity index (χ0v) is 16.5. The molecule has 0 bridgehead atoms. The lowest BCUT2D eigenvalue weighted by Gasteiger charge is -2.22. The molecule has 3 rings (SSSR count). The van der Waals surface area contributed by atoms with Crippen molar-refractivity contribution in [3.05, 3.63) is 30.3 Å². The SMILES string of the molecule is CCNC(=NCCCS(=O)(=O)c1ccccc1)N1CC2CCCCC2C1. The van der Waals surface area contributed by atoms with Crippen LogP contribution >= 0.6 is 0 Å². The van der Waals surface area contributed by atoms with Crippen molar-refractivity contribution in [2.75, 3.05) is 31.9 Å². The van der Waals surface area contributed by atoms with Gasteiger partial charge in [0.1, 0.15) is 0 Å². The molecule has 5 nitrogen and oxygen atoms in total. The molecule has 2 unspecified atom stereocenters. The smallest absolute Gasteiger partial charge is 0.193 e. The molecule has 1 heterocycles. The van der Waals surface area contributed by atoms with Crippen LogP contribution in [0.2, 0.25) is 0 Å². The molecule has 1 saturated carbocycles. The predicted octanol–water partition coefficient (Wildman–Crippen LogP) is 2.94. The molecule has 2 aliphatic rings. The van der Waals surface area contributed by atoms with Crippen LogP contribution in [0.3, 0.4) is 0 Å². The van der Waals surface area contributed by atoms with Gasteiger partial charge in [-0.1, -0.05) is 31.0 Å². The molecule has 2 atom stereocenters. The second-order valence-electron chi connectivity index (χ2n) is 7.43. The van der Waals surface area contributed by atoms with Crippen LogP contribution in [0.4, 0.5) is 0 Å². The highest BCUT2D eigenvalue weighted by atomic mass is 32.2. The Labute approximate surface area is 157 Å². The number of benzene rings is 1. The molecule has 0 amide bonds. The standard InChI is InChI=1S/C20H31N3O2S/c1-2-21-20(23-15-17-9-6-7-10-18(17)16-23)22-13-8-14-26(24,25)19-11-4-3-5-12-19/h3-5,11-12,17-18H,2,6-10,13-16H2,1H3,(H,21,22). The van der Waals surface area contributed by atoms with E-state index in [1.54, 1.807) is 24.3 Å². The first-order valence-corrected chi connectivity index (χ1v) is 11.6. The van der Waals surface area contributed by atoms with Gasteiger partial charge < -0.3 is 10.2 Å². The molecule has 1 saturated heterocycles. The Morgan fingerprint density at radius 1 is 1.15 bits per heavy atom. The van der Waals surface area contributed by atoms with Gasteiger partial charge in [0, 0.05) is 26.2 Å². The van der Waals surface area contributed by atoms with Crippen molar-refractivity contribution in [2.24, 2.45) is 16.8 Å². The summed E-state index contributed by atoms with van der Waals surface area (Å²) in [7, 11) is -3.21. The van der Waals surface area contributed by atoms with Crippen molar-refractivity contribution in [1.29, 1.82) is 0 Å². The van der Waals surface area contributed by atoms with Gasteiger partial charge in [-0.05, 0) is 50.2 Å². The van der Waals surface area contributed by atoms with E-state index < -0.39 is 9.84 Å². The monoisotopic (exact) mass is 377 g/mol. The van der Waals surface area contributed by atoms with Gasteiger partial charge >= 0.3 is 0 Å². The van der Waals surface area contributed by atoms with E-state index in [4.69, 9.17) is 4.99 Å². The third kappa shape index (κ3) is 4.78. The highest BCUT2D eigenvalue weighted by molar-refractivity contribution is 7.91. The Morgan fingerprint density at radius 3 is 2.42 bits per heavy atom. The molecule has 26 heavy (non-hydrogen) atoms. The first-order valence-electron chi connectivity index (χ1n) is 9.91. The number of guanidine groups is 1. The number of likely N-dealkylation sites (tertiary alicyclic amines) is 1. The number of nitrogens with one attached hydrogen (secondary N) is 1. The van der Waals surface area contributed by atoms with E-state index in [0.717, 1.165) is 37.4 Å². The number of aliphatic imine (C=N–C) groups is 1. The highest BCUT2D eigenvalue weighted by Gasteiger charge is 2.35. The maximum absolute atomic E-state index is 12.4. The van der Waals surface area contributed by atoms with E-state index in [0.29, 0.717) is 17.9 Å². The average molecular weight is 378 g/mol. The molecular formula is C20H31N3O2S. The fourth-order valence-corrected chi connectivity index (χ4v) is 5.51. The molecule has 1 N–H and O–H groups in total. The van der Waals surface area contributed by atoms with Gasteiger partial charge in [0.15, 0.2) is 15.8 Å². The lowest BCUT2D eigenvalue weighted by atomic mass is 9.82. The first-order chi connectivity index (χ1) is 12.6. The third-order valence-electron chi connectivity index (χ3n) is 5.55. The van der Waals surface area contributed by atoms with Gasteiger partial charge in [-0.15, -0.1) is 0 Å². The van der Waals surface area contributed by atoms with E-state index in [1.807, 2.05) is 6.07 Å². The lowest BCUT2D eigenvalue weighted by Crippen LogP contribution is -2.40. The Hall–Kier alpha value is -1.56. The predicted molar refractivity (Wildman–Crippen MR) is 106 cm³/mol. The van der Waals surface area contributed by atoms with Gasteiger partial charge in [0.2, 0.25) is 0 Å². The summed E-state index contributed by atoms with van der Waals surface area (Å²) in [6.45, 7) is 5.66. The average Bonchev–Trinajstić information content (AvgIpc) is 3.09. The fraction of sp³-hybridized carbons (Fsp3) is 0.650. The maximum Gasteiger partial charge on any atom is 0.193 e. The van der Waals surface area contributed by atoms with Crippen molar-refractivity contribution in [2.45, 2.75) is 43.9 Å². The third-order valence-corrected chi connectivity index (χ3v) is 7.36. The molecule has 0 radical (unpaired) electrons. The Kier molecular flexibility index (Phi) is 6.57. The van der Waals surface area contributed by atoms with Crippen molar-refractivity contribution in [1.82, 2.24) is 10.2 Å². The second-order valence-corrected chi connectivity index (χ2v) is 9.54. The van der Waals surface area contributed by atoms with E-state index in [1.165, 1.54) is 25.7 Å². The zero-order chi connectivity index (χ0) is 18.4. The minimum absolute atomic E-state index is 0.144. The second kappa shape index (κ2) is 8.89. The summed E-state index contributed by atoms with van der Waals surface area (Å²) in [5.41, 5.74) is 0.